The van der Waals surface area contributed by atoms with Crippen LogP contribution in [0.1, 0.15) is 15.9 Å². The van der Waals surface area contributed by atoms with Gasteiger partial charge in [0.15, 0.2) is 0 Å². The van der Waals surface area contributed by atoms with Crippen molar-refractivity contribution in [2.24, 2.45) is 5.10 Å². The molecule has 0 radical (unpaired) electrons. The van der Waals surface area contributed by atoms with E-state index in [0.717, 1.165) is 0 Å². The summed E-state index contributed by atoms with van der Waals surface area (Å²) in [7, 11) is 0. The van der Waals surface area contributed by atoms with E-state index in [0.29, 0.717) is 10.6 Å². The Hall–Kier alpha value is -2.40. The molecule has 0 saturated heterocycles. The predicted octanol–water partition coefficient (Wildman–Crippen LogP) is 2.95. The summed E-state index contributed by atoms with van der Waals surface area (Å²) < 4.78 is 12.7. The van der Waals surface area contributed by atoms with Crippen molar-refractivity contribution in [2.45, 2.75) is 0 Å². The molecule has 0 unspecified atom stereocenters. The molecule has 0 fully saturated rings. The summed E-state index contributed by atoms with van der Waals surface area (Å²) in [6, 6.07) is 9.58. The van der Waals surface area contributed by atoms with E-state index in [1.807, 2.05) is 0 Å². The van der Waals surface area contributed by atoms with Crippen LogP contribution in [0.15, 0.2) is 47.6 Å². The van der Waals surface area contributed by atoms with E-state index >= 15 is 0 Å². The number of nitrogens with one attached hydrogen (secondary N) is 1. The summed E-state index contributed by atoms with van der Waals surface area (Å²) in [4.78, 5) is 11.7. The Morgan fingerprint density at radius 1 is 1.25 bits per heavy atom. The van der Waals surface area contributed by atoms with E-state index in [9.17, 15) is 14.3 Å². The van der Waals surface area contributed by atoms with Crippen molar-refractivity contribution in [1.29, 1.82) is 0 Å². The van der Waals surface area contributed by atoms with E-state index < -0.39 is 11.7 Å². The summed E-state index contributed by atoms with van der Waals surface area (Å²) >= 11 is 5.69. The Labute approximate surface area is 119 Å². The molecule has 0 aromatic heterocycles. The van der Waals surface area contributed by atoms with Crippen LogP contribution in [-0.2, 0) is 0 Å². The third kappa shape index (κ3) is 3.55. The van der Waals surface area contributed by atoms with Crippen LogP contribution < -0.4 is 5.43 Å². The first-order chi connectivity index (χ1) is 9.56. The van der Waals surface area contributed by atoms with Gasteiger partial charge in [-0.3, -0.25) is 4.79 Å². The highest BCUT2D eigenvalue weighted by molar-refractivity contribution is 6.30. The normalized spacial score (nSPS) is 10.7. The zero-order chi connectivity index (χ0) is 14.5. The van der Waals surface area contributed by atoms with E-state index in [4.69, 9.17) is 11.6 Å². The van der Waals surface area contributed by atoms with Crippen LogP contribution in [-0.4, -0.2) is 17.2 Å². The van der Waals surface area contributed by atoms with E-state index in [-0.39, 0.29) is 11.3 Å². The first kappa shape index (κ1) is 14.0. The minimum Gasteiger partial charge on any atom is -0.507 e. The quantitative estimate of drug-likeness (QED) is 0.675. The molecule has 2 N–H and O–H groups in total. The van der Waals surface area contributed by atoms with Crippen molar-refractivity contribution >= 4 is 23.7 Å². The number of phenols is 1. The number of hydrazone groups is 1. The third-order valence-corrected chi connectivity index (χ3v) is 2.70. The molecule has 0 saturated carbocycles. The highest BCUT2D eigenvalue weighted by Gasteiger charge is 2.04. The molecule has 0 spiro atoms. The fraction of sp³-hybridized carbons (Fsp3) is 0. The van der Waals surface area contributed by atoms with Gasteiger partial charge in [0.2, 0.25) is 0 Å². The molecule has 2 aromatic rings. The second kappa shape index (κ2) is 6.16. The molecular weight excluding hydrogens is 283 g/mol. The molecule has 0 atom stereocenters. The van der Waals surface area contributed by atoms with Gasteiger partial charge in [-0.1, -0.05) is 11.6 Å². The van der Waals surface area contributed by atoms with Crippen LogP contribution in [0.25, 0.3) is 0 Å². The number of benzene rings is 2. The lowest BCUT2D eigenvalue weighted by atomic mass is 10.2. The lowest BCUT2D eigenvalue weighted by Crippen LogP contribution is -2.17. The van der Waals surface area contributed by atoms with Crippen molar-refractivity contribution in [3.8, 4) is 5.75 Å². The molecule has 0 aliphatic carbocycles. The van der Waals surface area contributed by atoms with Gasteiger partial charge < -0.3 is 5.11 Å². The number of hydrogen-bond acceptors (Lipinski definition) is 3. The standard InChI is InChI=1S/C14H10ClFN2O2/c15-11-4-1-10(13(19)7-11)8-17-18-14(20)9-2-5-12(16)6-3-9/h1-8,19H,(H,18,20). The molecule has 0 aliphatic rings. The molecule has 4 nitrogen and oxygen atoms in total. The van der Waals surface area contributed by atoms with Crippen LogP contribution in [0, 0.1) is 5.82 Å². The van der Waals surface area contributed by atoms with Crippen LogP contribution in [0.2, 0.25) is 5.02 Å². The van der Waals surface area contributed by atoms with E-state index in [2.05, 4.69) is 10.5 Å². The number of hydrogen-bond donors (Lipinski definition) is 2. The Kier molecular flexibility index (Phi) is 4.32. The smallest absolute Gasteiger partial charge is 0.271 e. The van der Waals surface area contributed by atoms with Crippen LogP contribution in [0.4, 0.5) is 4.39 Å². The van der Waals surface area contributed by atoms with E-state index in [1.165, 1.54) is 36.5 Å². The maximum absolute atomic E-state index is 12.7. The zero-order valence-electron chi connectivity index (χ0n) is 10.2. The Bertz CT molecular complexity index is 657. The molecule has 1 amide bonds. The van der Waals surface area contributed by atoms with Crippen LogP contribution in [0.5, 0.6) is 5.75 Å². The summed E-state index contributed by atoms with van der Waals surface area (Å²) in [5, 5.41) is 13.7. The molecular formula is C14H10ClFN2O2. The third-order valence-electron chi connectivity index (χ3n) is 2.47. The summed E-state index contributed by atoms with van der Waals surface area (Å²) in [5.74, 6) is -0.942. The largest absolute Gasteiger partial charge is 0.507 e. The van der Waals surface area contributed by atoms with Crippen molar-refractivity contribution in [2.75, 3.05) is 0 Å². The van der Waals surface area contributed by atoms with Gasteiger partial charge in [-0.25, -0.2) is 9.82 Å². The monoisotopic (exact) mass is 292 g/mol. The second-order valence-corrected chi connectivity index (χ2v) is 4.35. The van der Waals surface area contributed by atoms with Gasteiger partial charge >= 0.3 is 0 Å². The first-order valence-corrected chi connectivity index (χ1v) is 6.01. The second-order valence-electron chi connectivity index (χ2n) is 3.91. The lowest BCUT2D eigenvalue weighted by Gasteiger charge is -2.01. The summed E-state index contributed by atoms with van der Waals surface area (Å²) in [6.45, 7) is 0. The Balaban J connectivity index is 2.02. The average Bonchev–Trinajstić information content (AvgIpc) is 2.42. The van der Waals surface area contributed by atoms with Gasteiger partial charge in [0.1, 0.15) is 11.6 Å². The van der Waals surface area contributed by atoms with Crippen molar-refractivity contribution in [3.05, 3.63) is 64.4 Å². The minimum atomic E-state index is -0.477. The van der Waals surface area contributed by atoms with Crippen molar-refractivity contribution in [3.63, 3.8) is 0 Å². The lowest BCUT2D eigenvalue weighted by molar-refractivity contribution is 0.0955. The van der Waals surface area contributed by atoms with Gasteiger partial charge in [-0.05, 0) is 42.5 Å². The molecule has 6 heteroatoms. The maximum Gasteiger partial charge on any atom is 0.271 e. The van der Waals surface area contributed by atoms with Gasteiger partial charge in [0.25, 0.3) is 5.91 Å². The number of amides is 1. The molecule has 2 aromatic carbocycles. The zero-order valence-corrected chi connectivity index (χ0v) is 10.9. The Morgan fingerprint density at radius 3 is 2.60 bits per heavy atom. The number of aromatic hydroxyl groups is 1. The first-order valence-electron chi connectivity index (χ1n) is 5.64. The molecule has 20 heavy (non-hydrogen) atoms. The van der Waals surface area contributed by atoms with E-state index in [1.54, 1.807) is 12.1 Å². The van der Waals surface area contributed by atoms with Gasteiger partial charge in [-0.15, -0.1) is 0 Å². The van der Waals surface area contributed by atoms with Gasteiger partial charge in [-0.2, -0.15) is 5.10 Å². The molecule has 0 aliphatic heterocycles. The molecule has 2 rings (SSSR count). The minimum absolute atomic E-state index is 0.0442. The van der Waals surface area contributed by atoms with Crippen LogP contribution >= 0.6 is 11.6 Å². The summed E-state index contributed by atoms with van der Waals surface area (Å²) in [6.07, 6.45) is 1.28. The molecule has 102 valence electrons. The number of carbonyl (C=O) groups excluding carboxylic acids is 1. The number of phenolic OH excluding ortho intramolecular Hbond substituents is 1. The molecule has 0 heterocycles. The predicted molar refractivity (Wildman–Crippen MR) is 74.6 cm³/mol. The van der Waals surface area contributed by atoms with Crippen LogP contribution in [0.3, 0.4) is 0 Å². The maximum atomic E-state index is 12.7. The SMILES string of the molecule is O=C(NN=Cc1ccc(Cl)cc1O)c1ccc(F)cc1. The van der Waals surface area contributed by atoms with Crippen molar-refractivity contribution in [1.82, 2.24) is 5.43 Å². The number of nitrogens with zero attached hydrogens (tertiary/aromatic N) is 1. The number of carbonyl (C=O) groups is 1. The van der Waals surface area contributed by atoms with Gasteiger partial charge in [0, 0.05) is 16.1 Å². The number of halogens is 2. The topological polar surface area (TPSA) is 61.7 Å². The fourth-order valence-electron chi connectivity index (χ4n) is 1.45. The van der Waals surface area contributed by atoms with Gasteiger partial charge in [0.05, 0.1) is 6.21 Å². The Morgan fingerprint density at radius 2 is 1.95 bits per heavy atom. The number of rotatable bonds is 3. The summed E-state index contributed by atoms with van der Waals surface area (Å²) in [5.41, 5.74) is 2.96. The average molecular weight is 293 g/mol. The highest BCUT2D eigenvalue weighted by Crippen LogP contribution is 2.20. The fourth-order valence-corrected chi connectivity index (χ4v) is 1.62. The van der Waals surface area contributed by atoms with Crippen molar-refractivity contribution < 1.29 is 14.3 Å². The highest BCUT2D eigenvalue weighted by atomic mass is 35.5. The molecule has 0 bridgehead atoms.